The van der Waals surface area contributed by atoms with Gasteiger partial charge < -0.3 is 10.1 Å². The fraction of sp³-hybridized carbons (Fsp3) is 0.533. The molecule has 1 N–H and O–H groups in total. The number of alkyl carbamates (subject to hydrolysis) is 1. The lowest BCUT2D eigenvalue weighted by atomic mass is 10.1. The normalized spacial score (nSPS) is 14.3. The second-order valence-electron chi connectivity index (χ2n) is 5.75. The number of ether oxygens (including phenoxy) is 1. The number of benzene rings is 1. The first-order valence-electron chi connectivity index (χ1n) is 6.74. The molecule has 4 nitrogen and oxygen atoms in total. The van der Waals surface area contributed by atoms with Crippen molar-refractivity contribution in [2.45, 2.75) is 38.8 Å². The number of carbonyl (C=O) groups excluding carboxylic acids is 1. The summed E-state index contributed by atoms with van der Waals surface area (Å²) in [6, 6.07) is 9.44. The van der Waals surface area contributed by atoms with E-state index in [1.807, 2.05) is 30.3 Å². The Bertz CT molecular complexity index is 474. The number of amides is 1. The molecule has 2 atom stereocenters. The second-order valence-corrected chi connectivity index (χ2v) is 7.83. The molecule has 1 unspecified atom stereocenters. The molecular weight excluding hydrogens is 310 g/mol. The monoisotopic (exact) mass is 331 g/mol. The Kier molecular flexibility index (Phi) is 7.18. The molecule has 0 saturated heterocycles. The van der Waals surface area contributed by atoms with Crippen molar-refractivity contribution in [3.8, 4) is 0 Å². The topological polar surface area (TPSA) is 55.4 Å². The minimum Gasteiger partial charge on any atom is -0.444 e. The van der Waals surface area contributed by atoms with Gasteiger partial charge in [-0.05, 0) is 32.8 Å². The van der Waals surface area contributed by atoms with Crippen LogP contribution in [0.25, 0.3) is 0 Å². The predicted molar refractivity (Wildman–Crippen MR) is 87.0 cm³/mol. The lowest BCUT2D eigenvalue weighted by Gasteiger charge is -2.23. The molecule has 0 radical (unpaired) electrons. The third kappa shape index (κ3) is 8.07. The van der Waals surface area contributed by atoms with Gasteiger partial charge in [-0.25, -0.2) is 4.79 Å². The van der Waals surface area contributed by atoms with Gasteiger partial charge in [-0.15, -0.1) is 11.6 Å². The van der Waals surface area contributed by atoms with Crippen LogP contribution < -0.4 is 5.32 Å². The molecule has 0 bridgehead atoms. The van der Waals surface area contributed by atoms with Crippen molar-refractivity contribution in [1.82, 2.24) is 5.32 Å². The Morgan fingerprint density at radius 2 is 1.95 bits per heavy atom. The smallest absolute Gasteiger partial charge is 0.407 e. The summed E-state index contributed by atoms with van der Waals surface area (Å²) in [5.41, 5.74) is 0.498. The summed E-state index contributed by atoms with van der Waals surface area (Å²) >= 11 is 5.60. The SMILES string of the molecule is CC(C)(C)OC(=O)N[C@@H](Cc1ccccc1)CS(=O)CCl. The van der Waals surface area contributed by atoms with Crippen molar-refractivity contribution in [2.75, 3.05) is 11.0 Å². The van der Waals surface area contributed by atoms with E-state index >= 15 is 0 Å². The standard InChI is InChI=1S/C15H22ClNO3S/c1-15(2,3)20-14(18)17-13(10-21(19)11-16)9-12-7-5-4-6-8-12/h4-8,13H,9-11H2,1-3H3,(H,17,18)/t13-,21?/m0/s1. The van der Waals surface area contributed by atoms with Gasteiger partial charge in [0.25, 0.3) is 0 Å². The number of hydrogen-bond acceptors (Lipinski definition) is 3. The number of nitrogens with one attached hydrogen (secondary N) is 1. The van der Waals surface area contributed by atoms with Crippen LogP contribution in [0.15, 0.2) is 30.3 Å². The molecule has 118 valence electrons. The van der Waals surface area contributed by atoms with E-state index in [2.05, 4.69) is 5.32 Å². The van der Waals surface area contributed by atoms with Crippen LogP contribution in [-0.2, 0) is 22.0 Å². The highest BCUT2D eigenvalue weighted by molar-refractivity contribution is 7.86. The molecule has 6 heteroatoms. The Balaban J connectivity index is 2.68. The van der Waals surface area contributed by atoms with Crippen LogP contribution in [0.3, 0.4) is 0 Å². The quantitative estimate of drug-likeness (QED) is 0.815. The van der Waals surface area contributed by atoms with Crippen LogP contribution >= 0.6 is 11.6 Å². The van der Waals surface area contributed by atoms with E-state index in [1.54, 1.807) is 20.8 Å². The molecule has 0 heterocycles. The number of alkyl halides is 1. The van der Waals surface area contributed by atoms with Crippen molar-refractivity contribution >= 4 is 28.5 Å². The zero-order valence-electron chi connectivity index (χ0n) is 12.6. The molecule has 1 amide bonds. The second kappa shape index (κ2) is 8.39. The summed E-state index contributed by atoms with van der Waals surface area (Å²) in [5, 5.41) is 2.83. The highest BCUT2D eigenvalue weighted by Gasteiger charge is 2.21. The van der Waals surface area contributed by atoms with Crippen molar-refractivity contribution in [3.05, 3.63) is 35.9 Å². The largest absolute Gasteiger partial charge is 0.444 e. The molecule has 1 aromatic carbocycles. The molecule has 0 aromatic heterocycles. The van der Waals surface area contributed by atoms with Crippen molar-refractivity contribution in [3.63, 3.8) is 0 Å². The average Bonchev–Trinajstić information content (AvgIpc) is 2.37. The average molecular weight is 332 g/mol. The molecule has 0 aliphatic carbocycles. The number of hydrogen-bond donors (Lipinski definition) is 1. The summed E-state index contributed by atoms with van der Waals surface area (Å²) in [7, 11) is -1.18. The summed E-state index contributed by atoms with van der Waals surface area (Å²) < 4.78 is 16.9. The Morgan fingerprint density at radius 3 is 2.48 bits per heavy atom. The first kappa shape index (κ1) is 18.0. The lowest BCUT2D eigenvalue weighted by molar-refractivity contribution is 0.0509. The molecule has 0 fully saturated rings. The van der Waals surface area contributed by atoms with Crippen LogP contribution in [0.4, 0.5) is 4.79 Å². The molecule has 0 aliphatic rings. The van der Waals surface area contributed by atoms with E-state index < -0.39 is 22.5 Å². The molecule has 0 aliphatic heterocycles. The lowest BCUT2D eigenvalue weighted by Crippen LogP contribution is -2.43. The highest BCUT2D eigenvalue weighted by Crippen LogP contribution is 2.09. The maximum absolute atomic E-state index is 11.9. The van der Waals surface area contributed by atoms with Crippen molar-refractivity contribution in [1.29, 1.82) is 0 Å². The zero-order chi connectivity index (χ0) is 15.9. The minimum atomic E-state index is -1.18. The molecule has 0 spiro atoms. The van der Waals surface area contributed by atoms with E-state index in [4.69, 9.17) is 16.3 Å². The molecule has 1 rings (SSSR count). The van der Waals surface area contributed by atoms with Crippen molar-refractivity contribution in [2.24, 2.45) is 0 Å². The molecular formula is C15H22ClNO3S. The van der Waals surface area contributed by atoms with Gasteiger partial charge in [0, 0.05) is 22.6 Å². The van der Waals surface area contributed by atoms with E-state index in [1.165, 1.54) is 0 Å². The predicted octanol–water partition coefficient (Wildman–Crippen LogP) is 3.07. The molecule has 21 heavy (non-hydrogen) atoms. The van der Waals surface area contributed by atoms with E-state index in [0.29, 0.717) is 12.2 Å². The van der Waals surface area contributed by atoms with Gasteiger partial charge in [0.15, 0.2) is 0 Å². The van der Waals surface area contributed by atoms with E-state index in [0.717, 1.165) is 5.56 Å². The zero-order valence-corrected chi connectivity index (χ0v) is 14.2. The van der Waals surface area contributed by atoms with Gasteiger partial charge in [0.2, 0.25) is 0 Å². The first-order valence-corrected chi connectivity index (χ1v) is 8.77. The summed E-state index contributed by atoms with van der Waals surface area (Å²) in [6.07, 6.45) is 0.0814. The van der Waals surface area contributed by atoms with E-state index in [9.17, 15) is 9.00 Å². The summed E-state index contributed by atoms with van der Waals surface area (Å²) in [4.78, 5) is 11.9. The Labute approximate surface area is 133 Å². The third-order valence-corrected chi connectivity index (χ3v) is 4.30. The van der Waals surface area contributed by atoms with Gasteiger partial charge in [0.05, 0.1) is 5.21 Å². The van der Waals surface area contributed by atoms with E-state index in [-0.39, 0.29) is 11.3 Å². The molecule has 1 aromatic rings. The molecule has 0 saturated carbocycles. The minimum absolute atomic E-state index is 0.0568. The van der Waals surface area contributed by atoms with Crippen molar-refractivity contribution < 1.29 is 13.7 Å². The first-order chi connectivity index (χ1) is 9.80. The Morgan fingerprint density at radius 1 is 1.33 bits per heavy atom. The maximum atomic E-state index is 11.9. The third-order valence-electron chi connectivity index (χ3n) is 2.55. The number of rotatable bonds is 6. The van der Waals surface area contributed by atoms with Gasteiger partial charge in [-0.3, -0.25) is 4.21 Å². The fourth-order valence-corrected chi connectivity index (χ4v) is 2.80. The van der Waals surface area contributed by atoms with Gasteiger partial charge in [-0.1, -0.05) is 30.3 Å². The Hall–Kier alpha value is -1.07. The number of carbonyl (C=O) groups is 1. The number of halogens is 1. The van der Waals surface area contributed by atoms with Gasteiger partial charge >= 0.3 is 6.09 Å². The summed E-state index contributed by atoms with van der Waals surface area (Å²) in [6.45, 7) is 5.40. The fourth-order valence-electron chi connectivity index (χ4n) is 1.79. The van der Waals surface area contributed by atoms with Crippen LogP contribution in [0, 0.1) is 0 Å². The van der Waals surface area contributed by atoms with Gasteiger partial charge in [-0.2, -0.15) is 0 Å². The summed E-state index contributed by atoms with van der Waals surface area (Å²) in [5.74, 6) is 0.303. The van der Waals surface area contributed by atoms with Crippen LogP contribution in [0.5, 0.6) is 0 Å². The van der Waals surface area contributed by atoms with Crippen LogP contribution in [0.2, 0.25) is 0 Å². The highest BCUT2D eigenvalue weighted by atomic mass is 35.5. The van der Waals surface area contributed by atoms with Gasteiger partial charge in [0.1, 0.15) is 5.60 Å². The van der Waals surface area contributed by atoms with Crippen LogP contribution in [0.1, 0.15) is 26.3 Å². The van der Waals surface area contributed by atoms with Crippen LogP contribution in [-0.4, -0.2) is 32.9 Å². The maximum Gasteiger partial charge on any atom is 0.407 e.